The first kappa shape index (κ1) is 12.1. The van der Waals surface area contributed by atoms with Crippen molar-refractivity contribution < 1.29 is 9.72 Å². The van der Waals surface area contributed by atoms with E-state index in [4.69, 9.17) is 0 Å². The van der Waals surface area contributed by atoms with Crippen LogP contribution < -0.4 is 0 Å². The van der Waals surface area contributed by atoms with Crippen LogP contribution in [0.2, 0.25) is 0 Å². The Labute approximate surface area is 111 Å². The van der Waals surface area contributed by atoms with Crippen LogP contribution in [-0.4, -0.2) is 28.3 Å². The molecule has 100 valence electrons. The Morgan fingerprint density at radius 1 is 1.42 bits per heavy atom. The molecule has 0 unspecified atom stereocenters. The SMILES string of the molecule is CC[C@@H]1C(=O)N2CCc3ccccc3[C@@H]2[C@H]1[N+](=O)[O-]. The molecule has 2 aliphatic rings. The number of fused-ring (bicyclic) bond motifs is 3. The Kier molecular flexibility index (Phi) is 2.77. The van der Waals surface area contributed by atoms with Gasteiger partial charge in [-0.1, -0.05) is 31.2 Å². The van der Waals surface area contributed by atoms with Gasteiger partial charge in [-0.25, -0.2) is 0 Å². The summed E-state index contributed by atoms with van der Waals surface area (Å²) in [4.78, 5) is 25.2. The van der Waals surface area contributed by atoms with E-state index in [0.717, 1.165) is 17.5 Å². The first-order valence-corrected chi connectivity index (χ1v) is 6.67. The molecular formula is C14H16N2O3. The van der Waals surface area contributed by atoms with Gasteiger partial charge in [-0.2, -0.15) is 0 Å². The maximum Gasteiger partial charge on any atom is 0.248 e. The Balaban J connectivity index is 2.11. The molecule has 0 aromatic heterocycles. The van der Waals surface area contributed by atoms with Crippen molar-refractivity contribution in [3.8, 4) is 0 Å². The fraction of sp³-hybridized carbons (Fsp3) is 0.500. The predicted molar refractivity (Wildman–Crippen MR) is 69.2 cm³/mol. The Bertz CT molecular complexity index is 543. The molecule has 1 amide bonds. The van der Waals surface area contributed by atoms with Crippen molar-refractivity contribution in [2.24, 2.45) is 5.92 Å². The monoisotopic (exact) mass is 260 g/mol. The Hall–Kier alpha value is -1.91. The molecule has 2 heterocycles. The third-order valence-electron chi connectivity index (χ3n) is 4.35. The second-order valence-electron chi connectivity index (χ2n) is 5.22. The summed E-state index contributed by atoms with van der Waals surface area (Å²) in [6.45, 7) is 2.45. The van der Waals surface area contributed by atoms with Crippen LogP contribution in [-0.2, 0) is 11.2 Å². The number of nitro groups is 1. The number of carbonyl (C=O) groups excluding carboxylic acids is 1. The Morgan fingerprint density at radius 3 is 2.84 bits per heavy atom. The topological polar surface area (TPSA) is 63.5 Å². The highest BCUT2D eigenvalue weighted by Crippen LogP contribution is 2.43. The summed E-state index contributed by atoms with van der Waals surface area (Å²) in [5.41, 5.74) is 2.10. The predicted octanol–water partition coefficient (Wildman–Crippen LogP) is 1.80. The number of amides is 1. The molecule has 1 fully saturated rings. The maximum absolute atomic E-state index is 12.3. The fourth-order valence-electron chi connectivity index (χ4n) is 3.47. The lowest BCUT2D eigenvalue weighted by molar-refractivity contribution is -0.533. The second-order valence-corrected chi connectivity index (χ2v) is 5.22. The first-order chi connectivity index (χ1) is 9.15. The fourth-order valence-corrected chi connectivity index (χ4v) is 3.47. The number of hydrogen-bond acceptors (Lipinski definition) is 3. The molecule has 1 aromatic carbocycles. The van der Waals surface area contributed by atoms with Crippen molar-refractivity contribution in [2.45, 2.75) is 31.8 Å². The van der Waals surface area contributed by atoms with E-state index < -0.39 is 12.0 Å². The van der Waals surface area contributed by atoms with E-state index in [0.29, 0.717) is 13.0 Å². The second kappa shape index (κ2) is 4.33. The van der Waals surface area contributed by atoms with E-state index in [1.165, 1.54) is 0 Å². The van der Waals surface area contributed by atoms with Gasteiger partial charge in [-0.15, -0.1) is 0 Å². The number of nitrogens with zero attached hydrogens (tertiary/aromatic N) is 2. The molecule has 1 aromatic rings. The van der Waals surface area contributed by atoms with Crippen molar-refractivity contribution in [1.29, 1.82) is 0 Å². The van der Waals surface area contributed by atoms with Crippen molar-refractivity contribution in [3.63, 3.8) is 0 Å². The zero-order chi connectivity index (χ0) is 13.6. The van der Waals surface area contributed by atoms with Crippen molar-refractivity contribution in [2.75, 3.05) is 6.54 Å². The molecule has 3 rings (SSSR count). The molecule has 5 heteroatoms. The van der Waals surface area contributed by atoms with Gasteiger partial charge in [0.05, 0.1) is 0 Å². The van der Waals surface area contributed by atoms with Gasteiger partial charge in [0.2, 0.25) is 11.9 Å². The molecule has 0 bridgehead atoms. The van der Waals surface area contributed by atoms with Crippen LogP contribution in [0.1, 0.15) is 30.5 Å². The van der Waals surface area contributed by atoms with Crippen molar-refractivity contribution in [1.82, 2.24) is 4.90 Å². The maximum atomic E-state index is 12.3. The average molecular weight is 260 g/mol. The van der Waals surface area contributed by atoms with Crippen LogP contribution in [0.15, 0.2) is 24.3 Å². The number of carbonyl (C=O) groups is 1. The van der Waals surface area contributed by atoms with E-state index >= 15 is 0 Å². The van der Waals surface area contributed by atoms with Gasteiger partial charge in [0.1, 0.15) is 12.0 Å². The number of rotatable bonds is 2. The van der Waals surface area contributed by atoms with Gasteiger partial charge in [0.25, 0.3) is 0 Å². The highest BCUT2D eigenvalue weighted by molar-refractivity contribution is 5.83. The minimum atomic E-state index is -0.807. The van der Waals surface area contributed by atoms with Gasteiger partial charge < -0.3 is 4.90 Å². The summed E-state index contributed by atoms with van der Waals surface area (Å²) >= 11 is 0. The zero-order valence-electron chi connectivity index (χ0n) is 10.8. The summed E-state index contributed by atoms with van der Waals surface area (Å²) in [5.74, 6) is -0.533. The lowest BCUT2D eigenvalue weighted by atomic mass is 9.87. The molecule has 0 aliphatic carbocycles. The smallest absolute Gasteiger partial charge is 0.248 e. The van der Waals surface area contributed by atoms with Gasteiger partial charge in [-0.05, 0) is 24.0 Å². The summed E-state index contributed by atoms with van der Waals surface area (Å²) in [7, 11) is 0. The number of hydrogen-bond donors (Lipinski definition) is 0. The van der Waals surface area contributed by atoms with Crippen LogP contribution in [0.5, 0.6) is 0 Å². The van der Waals surface area contributed by atoms with E-state index in [2.05, 4.69) is 0 Å². The molecular weight excluding hydrogens is 244 g/mol. The molecule has 1 saturated heterocycles. The van der Waals surface area contributed by atoms with E-state index in [9.17, 15) is 14.9 Å². The molecule has 0 saturated carbocycles. The summed E-state index contributed by atoms with van der Waals surface area (Å²) in [6.07, 6.45) is 1.32. The van der Waals surface area contributed by atoms with Crippen LogP contribution in [0, 0.1) is 16.0 Å². The largest absolute Gasteiger partial charge is 0.328 e. The van der Waals surface area contributed by atoms with Gasteiger partial charge in [0, 0.05) is 11.5 Å². The molecule has 0 radical (unpaired) electrons. The molecule has 5 nitrogen and oxygen atoms in total. The van der Waals surface area contributed by atoms with Gasteiger partial charge >= 0.3 is 0 Å². The molecule has 2 aliphatic heterocycles. The standard InChI is InChI=1S/C14H16N2O3/c1-2-10-13(16(18)19)12-11-6-4-3-5-9(11)7-8-15(12)14(10)17/h3-6,10,12-13H,2,7-8H2,1H3/t10-,12+,13-/m0/s1. The summed E-state index contributed by atoms with van der Waals surface area (Å²) in [6, 6.07) is 6.59. The normalized spacial score (nSPS) is 29.0. The molecule has 0 N–H and O–H groups in total. The van der Waals surface area contributed by atoms with Crippen LogP contribution in [0.3, 0.4) is 0 Å². The molecule has 3 atom stereocenters. The van der Waals surface area contributed by atoms with Crippen molar-refractivity contribution >= 4 is 5.91 Å². The first-order valence-electron chi connectivity index (χ1n) is 6.67. The van der Waals surface area contributed by atoms with E-state index in [-0.39, 0.29) is 16.9 Å². The lowest BCUT2D eigenvalue weighted by Gasteiger charge is -2.31. The van der Waals surface area contributed by atoms with E-state index in [1.807, 2.05) is 31.2 Å². The minimum absolute atomic E-state index is 0.0521. The van der Waals surface area contributed by atoms with E-state index in [1.54, 1.807) is 4.90 Å². The Morgan fingerprint density at radius 2 is 2.16 bits per heavy atom. The third-order valence-corrected chi connectivity index (χ3v) is 4.35. The van der Waals surface area contributed by atoms with Crippen LogP contribution >= 0.6 is 0 Å². The quantitative estimate of drug-likeness (QED) is 0.601. The van der Waals surface area contributed by atoms with Crippen LogP contribution in [0.4, 0.5) is 0 Å². The molecule has 0 spiro atoms. The molecule has 19 heavy (non-hydrogen) atoms. The van der Waals surface area contributed by atoms with Gasteiger partial charge in [0.15, 0.2) is 0 Å². The third kappa shape index (κ3) is 1.64. The minimum Gasteiger partial charge on any atom is -0.328 e. The lowest BCUT2D eigenvalue weighted by Crippen LogP contribution is -2.38. The average Bonchev–Trinajstić information content (AvgIpc) is 2.72. The highest BCUT2D eigenvalue weighted by Gasteiger charge is 2.56. The zero-order valence-corrected chi connectivity index (χ0v) is 10.8. The van der Waals surface area contributed by atoms with Crippen LogP contribution in [0.25, 0.3) is 0 Å². The van der Waals surface area contributed by atoms with Gasteiger partial charge in [-0.3, -0.25) is 14.9 Å². The van der Waals surface area contributed by atoms with Crippen molar-refractivity contribution in [3.05, 3.63) is 45.5 Å². The summed E-state index contributed by atoms with van der Waals surface area (Å²) in [5, 5.41) is 11.4. The highest BCUT2D eigenvalue weighted by atomic mass is 16.6. The number of benzene rings is 1. The summed E-state index contributed by atoms with van der Waals surface area (Å²) < 4.78 is 0.